The van der Waals surface area contributed by atoms with Gasteiger partial charge in [-0.25, -0.2) is 8.42 Å². The van der Waals surface area contributed by atoms with E-state index >= 15 is 0 Å². The second-order valence-corrected chi connectivity index (χ2v) is 8.48. The van der Waals surface area contributed by atoms with E-state index in [1.54, 1.807) is 17.3 Å². The lowest BCUT2D eigenvalue weighted by atomic mass is 9.95. The van der Waals surface area contributed by atoms with Gasteiger partial charge < -0.3 is 0 Å². The number of alkyl halides is 1. The van der Waals surface area contributed by atoms with Crippen LogP contribution in [0, 0.1) is 12.8 Å². The fourth-order valence-electron chi connectivity index (χ4n) is 2.98. The third-order valence-corrected chi connectivity index (χ3v) is 6.89. The molecule has 0 N–H and O–H groups in total. The number of hydrogen-bond donors (Lipinski definition) is 0. The molecule has 21 heavy (non-hydrogen) atoms. The van der Waals surface area contributed by atoms with Gasteiger partial charge in [-0.15, -0.1) is 11.6 Å². The topological polar surface area (TPSA) is 37.4 Å². The van der Waals surface area contributed by atoms with Crippen molar-refractivity contribution in [2.24, 2.45) is 5.92 Å². The van der Waals surface area contributed by atoms with Gasteiger partial charge in [0, 0.05) is 23.5 Å². The van der Waals surface area contributed by atoms with Crippen LogP contribution in [0.25, 0.3) is 0 Å². The highest BCUT2D eigenvalue weighted by atomic mass is 35.5. The summed E-state index contributed by atoms with van der Waals surface area (Å²) in [7, 11) is -3.53. The Morgan fingerprint density at radius 2 is 2.00 bits per heavy atom. The molecule has 0 radical (unpaired) electrons. The highest BCUT2D eigenvalue weighted by Gasteiger charge is 2.34. The summed E-state index contributed by atoms with van der Waals surface area (Å²) in [4.78, 5) is 0.284. The molecule has 1 saturated heterocycles. The van der Waals surface area contributed by atoms with Crippen LogP contribution in [0.15, 0.2) is 17.0 Å². The van der Waals surface area contributed by atoms with E-state index in [1.807, 2.05) is 6.92 Å². The van der Waals surface area contributed by atoms with Gasteiger partial charge in [0.05, 0.1) is 4.90 Å². The maximum atomic E-state index is 13.0. The molecule has 1 aliphatic heterocycles. The lowest BCUT2D eigenvalue weighted by Gasteiger charge is -2.35. The van der Waals surface area contributed by atoms with E-state index in [4.69, 9.17) is 23.2 Å². The largest absolute Gasteiger partial charge is 0.243 e. The van der Waals surface area contributed by atoms with Gasteiger partial charge in [-0.05, 0) is 55.9 Å². The van der Waals surface area contributed by atoms with Crippen LogP contribution < -0.4 is 0 Å². The molecule has 0 spiro atoms. The molecule has 2 atom stereocenters. The fourth-order valence-corrected chi connectivity index (χ4v) is 5.52. The van der Waals surface area contributed by atoms with E-state index in [2.05, 4.69) is 6.92 Å². The van der Waals surface area contributed by atoms with Gasteiger partial charge in [-0.3, -0.25) is 0 Å². The molecule has 0 bridgehead atoms. The first-order chi connectivity index (χ1) is 9.77. The van der Waals surface area contributed by atoms with Crippen LogP contribution >= 0.6 is 23.2 Å². The molecule has 2 rings (SSSR count). The molecular formula is C15H21Cl2NO2S. The summed E-state index contributed by atoms with van der Waals surface area (Å²) in [6.45, 7) is 6.48. The Balaban J connectivity index is 2.47. The molecule has 118 valence electrons. The van der Waals surface area contributed by atoms with Crippen molar-refractivity contribution in [2.75, 3.05) is 6.54 Å². The molecule has 2 unspecified atom stereocenters. The number of benzene rings is 1. The highest BCUT2D eigenvalue weighted by Crippen LogP contribution is 2.32. The van der Waals surface area contributed by atoms with Crippen molar-refractivity contribution in [3.63, 3.8) is 0 Å². The van der Waals surface area contributed by atoms with Crippen molar-refractivity contribution >= 4 is 33.2 Å². The van der Waals surface area contributed by atoms with Gasteiger partial charge in [0.1, 0.15) is 0 Å². The van der Waals surface area contributed by atoms with E-state index < -0.39 is 10.0 Å². The van der Waals surface area contributed by atoms with E-state index in [1.165, 1.54) is 6.07 Å². The van der Waals surface area contributed by atoms with E-state index in [0.29, 0.717) is 23.0 Å². The van der Waals surface area contributed by atoms with Crippen molar-refractivity contribution in [3.8, 4) is 0 Å². The summed E-state index contributed by atoms with van der Waals surface area (Å²) in [5.74, 6) is 0.812. The summed E-state index contributed by atoms with van der Waals surface area (Å²) in [6.07, 6.45) is 1.78. The molecule has 1 aromatic carbocycles. The Morgan fingerprint density at radius 3 is 2.57 bits per heavy atom. The molecule has 1 fully saturated rings. The molecule has 3 nitrogen and oxygen atoms in total. The van der Waals surface area contributed by atoms with Crippen LogP contribution in [-0.4, -0.2) is 25.3 Å². The predicted molar refractivity (Wildman–Crippen MR) is 87.5 cm³/mol. The van der Waals surface area contributed by atoms with Crippen molar-refractivity contribution in [1.29, 1.82) is 0 Å². The Kier molecular flexibility index (Phi) is 5.24. The Morgan fingerprint density at radius 1 is 1.33 bits per heavy atom. The van der Waals surface area contributed by atoms with E-state index in [-0.39, 0.29) is 16.8 Å². The summed E-state index contributed by atoms with van der Waals surface area (Å²) >= 11 is 12.0. The lowest BCUT2D eigenvalue weighted by molar-refractivity contribution is 0.220. The standard InChI is InChI=1S/C15H21Cl2NO2S/c1-10-4-5-18(11(2)6-10)21(19,20)15-8-14(17)7-13(9-16)12(15)3/h7-8,10-11H,4-6,9H2,1-3H3. The highest BCUT2D eigenvalue weighted by molar-refractivity contribution is 7.89. The average molecular weight is 350 g/mol. The SMILES string of the molecule is Cc1c(CCl)cc(Cl)cc1S(=O)(=O)N1CCC(C)CC1C. The predicted octanol–water partition coefficient (Wildman–Crippen LogP) is 4.20. The first kappa shape index (κ1) is 17.1. The molecule has 0 aliphatic carbocycles. The summed E-state index contributed by atoms with van der Waals surface area (Å²) in [6, 6.07) is 3.27. The smallest absolute Gasteiger partial charge is 0.207 e. The van der Waals surface area contributed by atoms with Crippen LogP contribution in [0.2, 0.25) is 5.02 Å². The number of rotatable bonds is 3. The second-order valence-electron chi connectivity index (χ2n) is 5.92. The van der Waals surface area contributed by atoms with Crippen LogP contribution in [0.3, 0.4) is 0 Å². The maximum absolute atomic E-state index is 13.0. The van der Waals surface area contributed by atoms with Crippen LogP contribution in [0.1, 0.15) is 37.8 Å². The molecule has 0 amide bonds. The van der Waals surface area contributed by atoms with Gasteiger partial charge in [0.25, 0.3) is 0 Å². The number of nitrogens with zero attached hydrogens (tertiary/aromatic N) is 1. The Hall–Kier alpha value is -0.290. The van der Waals surface area contributed by atoms with Gasteiger partial charge >= 0.3 is 0 Å². The number of sulfonamides is 1. The Labute approximate surface area is 137 Å². The normalized spacial score (nSPS) is 24.2. The Bertz CT molecular complexity index is 631. The van der Waals surface area contributed by atoms with E-state index in [0.717, 1.165) is 18.4 Å². The van der Waals surface area contributed by atoms with Crippen molar-refractivity contribution in [3.05, 3.63) is 28.3 Å². The van der Waals surface area contributed by atoms with Crippen LogP contribution in [0.4, 0.5) is 0 Å². The molecule has 1 aromatic rings. The minimum atomic E-state index is -3.53. The number of piperidine rings is 1. The van der Waals surface area contributed by atoms with Crippen molar-refractivity contribution < 1.29 is 8.42 Å². The van der Waals surface area contributed by atoms with Gasteiger partial charge in [0.2, 0.25) is 10.0 Å². The first-order valence-corrected chi connectivity index (χ1v) is 9.49. The van der Waals surface area contributed by atoms with Crippen molar-refractivity contribution in [2.45, 2.75) is 50.4 Å². The second kappa shape index (κ2) is 6.45. The number of halogens is 2. The van der Waals surface area contributed by atoms with Gasteiger partial charge in [-0.1, -0.05) is 18.5 Å². The molecular weight excluding hydrogens is 329 g/mol. The molecule has 1 aliphatic rings. The molecule has 0 aromatic heterocycles. The third kappa shape index (κ3) is 3.39. The quantitative estimate of drug-likeness (QED) is 0.767. The van der Waals surface area contributed by atoms with Gasteiger partial charge in [-0.2, -0.15) is 4.31 Å². The lowest BCUT2D eigenvalue weighted by Crippen LogP contribution is -2.44. The summed E-state index contributed by atoms with van der Waals surface area (Å²) in [5, 5.41) is 0.410. The van der Waals surface area contributed by atoms with Crippen molar-refractivity contribution in [1.82, 2.24) is 4.31 Å². The van der Waals surface area contributed by atoms with Crippen LogP contribution in [-0.2, 0) is 15.9 Å². The minimum Gasteiger partial charge on any atom is -0.207 e. The summed E-state index contributed by atoms with van der Waals surface area (Å²) in [5.41, 5.74) is 1.46. The molecule has 1 heterocycles. The van der Waals surface area contributed by atoms with E-state index in [9.17, 15) is 8.42 Å². The zero-order chi connectivity index (χ0) is 15.8. The van der Waals surface area contributed by atoms with Gasteiger partial charge in [0.15, 0.2) is 0 Å². The molecule has 6 heteroatoms. The molecule has 0 saturated carbocycles. The summed E-state index contributed by atoms with van der Waals surface area (Å²) < 4.78 is 27.5. The fraction of sp³-hybridized carbons (Fsp3) is 0.600. The van der Waals surface area contributed by atoms with Crippen LogP contribution in [0.5, 0.6) is 0 Å². The monoisotopic (exact) mass is 349 g/mol. The minimum absolute atomic E-state index is 0.0107. The zero-order valence-corrected chi connectivity index (χ0v) is 14.9. The number of hydrogen-bond acceptors (Lipinski definition) is 2. The zero-order valence-electron chi connectivity index (χ0n) is 12.6. The third-order valence-electron chi connectivity index (χ3n) is 4.24. The average Bonchev–Trinajstić information content (AvgIpc) is 2.40. The maximum Gasteiger partial charge on any atom is 0.243 e. The first-order valence-electron chi connectivity index (χ1n) is 7.14.